The van der Waals surface area contributed by atoms with Gasteiger partial charge >= 0.3 is 5.97 Å². The quantitative estimate of drug-likeness (QED) is 0.195. The predicted octanol–water partition coefficient (Wildman–Crippen LogP) is 5.52. The highest BCUT2D eigenvalue weighted by Crippen LogP contribution is 2.47. The van der Waals surface area contributed by atoms with Gasteiger partial charge in [-0.1, -0.05) is 70.6 Å². The SMILES string of the molecule is CCC(C)[C@H]1O[C@]2(C=C[C@@H]1C)C[C@@H]1C[C@@H](C/C=C(\C)[C@@H](OC3C[C@H](OC)C(O[C@H]4C[C@H](OC)[C@@H](NC(C)=O)[C@H](C)O4)[C@H](C)O3)[C@@H](C)/C=C/C=C3\CO[C@@H]4[C@H](O)C(C)=C[C@@H](C(=O)O1)[C@]34O)O2. The standard InChI is InChI=1S/C50H75NO14/c1-12-26(2)45-29(5)18-19-49(65-45)24-36-21-35(64-49)17-16-28(4)44(27(3)14-13-15-34-25-58-47-43(53)30(6)20-37(48(54)61-36)50(34,47)55)62-41-23-39(57-11)46(32(8)60-41)63-40-22-38(56-10)42(31(7)59-40)51-33(9)52/h13-16,18-20,26-27,29,31-32,35-47,53,55H,12,17,21-25H2,1-11H3,(H,51,52)/b14-13+,28-16+,34-15+/t26?,27-,29-,31-,32-,35+,36-,37-,38-,39-,40-,41?,42-,43+,44-,45+,46?,47+,49+,50+/m0/s1. The minimum atomic E-state index is -1.84. The average molecular weight is 914 g/mol. The molecule has 1 aliphatic carbocycles. The Morgan fingerprint density at radius 2 is 1.65 bits per heavy atom. The molecule has 0 saturated carbocycles. The van der Waals surface area contributed by atoms with E-state index in [-0.39, 0.29) is 61.0 Å². The highest BCUT2D eigenvalue weighted by atomic mass is 16.7. The Morgan fingerprint density at radius 1 is 0.938 bits per heavy atom. The van der Waals surface area contributed by atoms with E-state index < -0.39 is 84.7 Å². The van der Waals surface area contributed by atoms with Gasteiger partial charge in [0.2, 0.25) is 5.91 Å². The number of aliphatic hydroxyl groups excluding tert-OH is 1. The van der Waals surface area contributed by atoms with Crippen molar-refractivity contribution in [3.05, 3.63) is 59.3 Å². The van der Waals surface area contributed by atoms with Crippen molar-refractivity contribution in [3.8, 4) is 0 Å². The fraction of sp³-hybridized carbons (Fsp3) is 0.760. The van der Waals surface area contributed by atoms with Gasteiger partial charge in [0, 0.05) is 58.7 Å². The van der Waals surface area contributed by atoms with E-state index in [1.807, 2.05) is 39.0 Å². The largest absolute Gasteiger partial charge is 0.462 e. The summed E-state index contributed by atoms with van der Waals surface area (Å²) in [6.07, 6.45) is 9.46. The molecule has 0 aromatic heterocycles. The second-order valence-corrected chi connectivity index (χ2v) is 19.7. The van der Waals surface area contributed by atoms with E-state index in [1.165, 1.54) is 6.92 Å². The number of esters is 1. The molecule has 65 heavy (non-hydrogen) atoms. The summed E-state index contributed by atoms with van der Waals surface area (Å²) in [4.78, 5) is 26.3. The van der Waals surface area contributed by atoms with E-state index in [4.69, 9.17) is 47.4 Å². The Morgan fingerprint density at radius 3 is 2.35 bits per heavy atom. The summed E-state index contributed by atoms with van der Waals surface area (Å²) >= 11 is 0. The van der Waals surface area contributed by atoms with E-state index >= 15 is 0 Å². The number of hydrogen-bond acceptors (Lipinski definition) is 14. The molecular formula is C50H75NO14. The number of methoxy groups -OCH3 is 2. The molecule has 15 nitrogen and oxygen atoms in total. The van der Waals surface area contributed by atoms with Crippen molar-refractivity contribution in [2.24, 2.45) is 23.7 Å². The van der Waals surface area contributed by atoms with Crippen LogP contribution in [0.5, 0.6) is 0 Å². The monoisotopic (exact) mass is 914 g/mol. The lowest BCUT2D eigenvalue weighted by molar-refractivity contribution is -0.311. The summed E-state index contributed by atoms with van der Waals surface area (Å²) in [6, 6.07) is -0.315. The summed E-state index contributed by atoms with van der Waals surface area (Å²) in [5.74, 6) is -2.75. The highest BCUT2D eigenvalue weighted by Gasteiger charge is 2.60. The Labute approximate surface area is 385 Å². The van der Waals surface area contributed by atoms with Gasteiger partial charge in [-0.2, -0.15) is 0 Å². The zero-order chi connectivity index (χ0) is 47.0. The molecule has 0 aromatic rings. The van der Waals surface area contributed by atoms with Crippen LogP contribution in [0.2, 0.25) is 0 Å². The van der Waals surface area contributed by atoms with Gasteiger partial charge < -0.3 is 62.9 Å². The molecule has 6 aliphatic heterocycles. The number of hydrogen-bond donors (Lipinski definition) is 3. The summed E-state index contributed by atoms with van der Waals surface area (Å²) < 4.78 is 64.4. The van der Waals surface area contributed by atoms with Crippen molar-refractivity contribution in [3.63, 3.8) is 0 Å². The maximum absolute atomic E-state index is 14.4. The van der Waals surface area contributed by atoms with Gasteiger partial charge in [0.05, 0.1) is 55.4 Å². The van der Waals surface area contributed by atoms with Gasteiger partial charge in [0.1, 0.15) is 35.9 Å². The number of carbonyl (C=O) groups is 2. The number of fused-ring (bicyclic) bond motifs is 2. The van der Waals surface area contributed by atoms with E-state index in [0.717, 1.165) is 12.0 Å². The number of ether oxygens (including phenoxy) is 10. The molecule has 0 aromatic carbocycles. The second-order valence-electron chi connectivity index (χ2n) is 19.7. The van der Waals surface area contributed by atoms with Gasteiger partial charge in [-0.05, 0) is 62.8 Å². The number of allylic oxidation sites excluding steroid dienone is 2. The predicted molar refractivity (Wildman–Crippen MR) is 239 cm³/mol. The molecule has 15 heteroatoms. The fourth-order valence-electron chi connectivity index (χ4n) is 11.0. The van der Waals surface area contributed by atoms with E-state index in [0.29, 0.717) is 36.8 Å². The first-order chi connectivity index (χ1) is 30.9. The lowest BCUT2D eigenvalue weighted by atomic mass is 9.71. The fourth-order valence-corrected chi connectivity index (χ4v) is 11.0. The van der Waals surface area contributed by atoms with Crippen LogP contribution in [0.1, 0.15) is 101 Å². The number of aliphatic hydroxyl groups is 2. The zero-order valence-electron chi connectivity index (χ0n) is 40.2. The van der Waals surface area contributed by atoms with Crippen molar-refractivity contribution in [2.45, 2.75) is 198 Å². The highest BCUT2D eigenvalue weighted by molar-refractivity contribution is 5.78. The minimum absolute atomic E-state index is 0.0270. The molecule has 2 bridgehead atoms. The van der Waals surface area contributed by atoms with E-state index in [2.05, 4.69) is 45.2 Å². The van der Waals surface area contributed by atoms with Crippen LogP contribution in [-0.2, 0) is 57.0 Å². The minimum Gasteiger partial charge on any atom is -0.462 e. The first-order valence-electron chi connectivity index (χ1n) is 23.8. The molecule has 4 fully saturated rings. The first kappa shape index (κ1) is 50.1. The number of rotatable bonds is 9. The average Bonchev–Trinajstić information content (AvgIpc) is 3.61. The molecule has 4 saturated heterocycles. The Bertz CT molecular complexity index is 1850. The molecule has 1 amide bonds. The number of nitrogens with one attached hydrogen (secondary N) is 1. The lowest BCUT2D eigenvalue weighted by Crippen LogP contribution is -2.58. The van der Waals surface area contributed by atoms with Crippen molar-refractivity contribution >= 4 is 11.9 Å². The van der Waals surface area contributed by atoms with Crippen LogP contribution in [0, 0.1) is 23.7 Å². The molecule has 0 radical (unpaired) electrons. The summed E-state index contributed by atoms with van der Waals surface area (Å²) in [6.45, 7) is 17.7. The van der Waals surface area contributed by atoms with Crippen LogP contribution in [0.4, 0.5) is 0 Å². The normalized spacial score (nSPS) is 47.3. The molecule has 6 heterocycles. The molecule has 3 unspecified atom stereocenters. The van der Waals surface area contributed by atoms with Crippen LogP contribution < -0.4 is 5.32 Å². The van der Waals surface area contributed by atoms with Crippen molar-refractivity contribution < 1.29 is 67.2 Å². The third-order valence-electron chi connectivity index (χ3n) is 14.9. The second kappa shape index (κ2) is 20.8. The molecule has 1 spiro atoms. The first-order valence-corrected chi connectivity index (χ1v) is 23.8. The maximum atomic E-state index is 14.4. The number of amides is 1. The Balaban J connectivity index is 1.16. The van der Waals surface area contributed by atoms with Gasteiger partial charge in [0.15, 0.2) is 18.4 Å². The van der Waals surface area contributed by atoms with E-state index in [1.54, 1.807) is 33.3 Å². The smallest absolute Gasteiger partial charge is 0.316 e. The zero-order valence-corrected chi connectivity index (χ0v) is 40.2. The number of carbonyl (C=O) groups excluding carboxylic acids is 2. The lowest BCUT2D eigenvalue weighted by Gasteiger charge is -2.48. The molecular weight excluding hydrogens is 839 g/mol. The van der Waals surface area contributed by atoms with Crippen molar-refractivity contribution in [1.82, 2.24) is 5.32 Å². The molecule has 3 N–H and O–H groups in total. The van der Waals surface area contributed by atoms with Crippen LogP contribution in [0.25, 0.3) is 0 Å². The van der Waals surface area contributed by atoms with Gasteiger partial charge in [-0.15, -0.1) is 0 Å². The molecule has 7 aliphatic rings. The third-order valence-corrected chi connectivity index (χ3v) is 14.9. The van der Waals surface area contributed by atoms with Crippen molar-refractivity contribution in [1.29, 1.82) is 0 Å². The Hall–Kier alpha value is -2.80. The van der Waals surface area contributed by atoms with Crippen LogP contribution >= 0.6 is 0 Å². The van der Waals surface area contributed by atoms with Crippen LogP contribution in [-0.4, -0.2) is 140 Å². The Kier molecular flexibility index (Phi) is 16.0. The summed E-state index contributed by atoms with van der Waals surface area (Å²) in [5.41, 5.74) is 0.116. The third kappa shape index (κ3) is 10.6. The topological polar surface area (TPSA) is 179 Å². The van der Waals surface area contributed by atoms with E-state index in [9.17, 15) is 19.8 Å². The van der Waals surface area contributed by atoms with Crippen molar-refractivity contribution in [2.75, 3.05) is 20.8 Å². The summed E-state index contributed by atoms with van der Waals surface area (Å²) in [5, 5.41) is 26.7. The maximum Gasteiger partial charge on any atom is 0.316 e. The van der Waals surface area contributed by atoms with Crippen LogP contribution in [0.3, 0.4) is 0 Å². The molecule has 364 valence electrons. The summed E-state index contributed by atoms with van der Waals surface area (Å²) in [7, 11) is 3.27. The molecule has 20 atom stereocenters. The van der Waals surface area contributed by atoms with Gasteiger partial charge in [-0.25, -0.2) is 0 Å². The molecule has 7 rings (SSSR count). The van der Waals surface area contributed by atoms with Gasteiger partial charge in [-0.3, -0.25) is 9.59 Å². The van der Waals surface area contributed by atoms with Gasteiger partial charge in [0.25, 0.3) is 0 Å². The van der Waals surface area contributed by atoms with Crippen LogP contribution in [0.15, 0.2) is 59.3 Å².